The van der Waals surface area contributed by atoms with Crippen LogP contribution in [0.4, 0.5) is 0 Å². The first-order chi connectivity index (χ1) is 13.4. The minimum absolute atomic E-state index is 0.134. The molecular weight excluding hydrogens is 404 g/mol. The van der Waals surface area contributed by atoms with Crippen LogP contribution in [0.5, 0.6) is 5.75 Å². The van der Waals surface area contributed by atoms with E-state index in [1.807, 2.05) is 0 Å². The molecule has 3 rings (SSSR count). The zero-order chi connectivity index (χ0) is 20.1. The van der Waals surface area contributed by atoms with Gasteiger partial charge in [0.25, 0.3) is 5.91 Å². The van der Waals surface area contributed by atoms with E-state index in [-0.39, 0.29) is 30.5 Å². The molecule has 28 heavy (non-hydrogen) atoms. The van der Waals surface area contributed by atoms with Crippen molar-refractivity contribution in [3.05, 3.63) is 58.6 Å². The molecule has 1 amide bonds. The lowest BCUT2D eigenvalue weighted by Gasteiger charge is -2.12. The number of sulfonamides is 1. The summed E-state index contributed by atoms with van der Waals surface area (Å²) >= 11 is 5.97. The molecule has 0 saturated carbocycles. The molecule has 9 heteroatoms. The first kappa shape index (κ1) is 20.6. The first-order valence-corrected chi connectivity index (χ1v) is 10.6. The number of hydrogen-bond acceptors (Lipinski definition) is 5. The third-order valence-electron chi connectivity index (χ3n) is 4.26. The average molecular weight is 425 g/mol. The fraction of sp³-hybridized carbons (Fsp3) is 0.316. The van der Waals surface area contributed by atoms with Crippen molar-refractivity contribution in [1.82, 2.24) is 10.0 Å². The van der Waals surface area contributed by atoms with Gasteiger partial charge in [-0.1, -0.05) is 23.7 Å². The molecule has 7 nitrogen and oxygen atoms in total. The normalized spacial score (nSPS) is 15.7. The van der Waals surface area contributed by atoms with Crippen molar-refractivity contribution in [3.8, 4) is 5.75 Å². The molecule has 1 aliphatic heterocycles. The monoisotopic (exact) mass is 424 g/mol. The lowest BCUT2D eigenvalue weighted by atomic mass is 10.1. The highest BCUT2D eigenvalue weighted by molar-refractivity contribution is 7.89. The second-order valence-electron chi connectivity index (χ2n) is 6.32. The Balaban J connectivity index is 1.59. The average Bonchev–Trinajstić information content (AvgIpc) is 3.10. The summed E-state index contributed by atoms with van der Waals surface area (Å²) in [7, 11) is -2.13. The maximum Gasteiger partial charge on any atom is 0.261 e. The Hall–Kier alpha value is -2.13. The fourth-order valence-corrected chi connectivity index (χ4v) is 4.13. The maximum absolute atomic E-state index is 12.4. The molecule has 150 valence electrons. The highest BCUT2D eigenvalue weighted by Gasteiger charge is 2.29. The van der Waals surface area contributed by atoms with Crippen molar-refractivity contribution in [2.45, 2.75) is 24.0 Å². The van der Waals surface area contributed by atoms with E-state index < -0.39 is 16.1 Å². The summed E-state index contributed by atoms with van der Waals surface area (Å²) in [5.41, 5.74) is 1.56. The molecule has 0 fully saturated rings. The lowest BCUT2D eigenvalue weighted by molar-refractivity contribution is -0.127. The number of hydrogen-bond donors (Lipinski definition) is 2. The Morgan fingerprint density at radius 1 is 1.29 bits per heavy atom. The quantitative estimate of drug-likeness (QED) is 0.631. The maximum atomic E-state index is 12.4. The predicted molar refractivity (Wildman–Crippen MR) is 105 cm³/mol. The molecule has 0 radical (unpaired) electrons. The molecule has 1 heterocycles. The number of amides is 1. The summed E-state index contributed by atoms with van der Waals surface area (Å²) in [6.45, 7) is 0.657. The minimum Gasteiger partial charge on any atom is -0.480 e. The summed E-state index contributed by atoms with van der Waals surface area (Å²) in [6.07, 6.45) is -0.185. The molecule has 0 saturated heterocycles. The Morgan fingerprint density at radius 2 is 2.11 bits per heavy atom. The molecule has 1 atom stereocenters. The van der Waals surface area contributed by atoms with Crippen molar-refractivity contribution >= 4 is 27.5 Å². The van der Waals surface area contributed by atoms with Gasteiger partial charge in [0.2, 0.25) is 10.0 Å². The van der Waals surface area contributed by atoms with Gasteiger partial charge in [0.05, 0.1) is 11.5 Å². The number of ether oxygens (including phenoxy) is 2. The third kappa shape index (κ3) is 5.02. The van der Waals surface area contributed by atoms with Crippen LogP contribution < -0.4 is 14.8 Å². The lowest BCUT2D eigenvalue weighted by Crippen LogP contribution is -2.37. The van der Waals surface area contributed by atoms with Crippen LogP contribution in [-0.4, -0.2) is 40.7 Å². The van der Waals surface area contributed by atoms with Crippen LogP contribution in [0.1, 0.15) is 11.1 Å². The van der Waals surface area contributed by atoms with Crippen LogP contribution in [-0.2, 0) is 32.5 Å². The minimum atomic E-state index is -3.63. The number of carbonyl (C=O) groups is 1. The van der Waals surface area contributed by atoms with E-state index in [0.29, 0.717) is 22.8 Å². The molecular formula is C19H21ClN2O5S. The molecule has 0 spiro atoms. The molecule has 2 N–H and O–H groups in total. The van der Waals surface area contributed by atoms with Crippen molar-refractivity contribution in [2.24, 2.45) is 0 Å². The zero-order valence-electron chi connectivity index (χ0n) is 15.3. The number of nitrogens with one attached hydrogen (secondary N) is 2. The summed E-state index contributed by atoms with van der Waals surface area (Å²) in [5, 5.41) is 3.39. The van der Waals surface area contributed by atoms with Gasteiger partial charge in [-0.15, -0.1) is 0 Å². The standard InChI is InChI=1S/C19H21ClN2O5S/c1-26-8-7-22-28(24,25)16-4-2-3-13(9-16)12-21-19(23)18-11-14-10-15(20)5-6-17(14)27-18/h2-6,9-10,18,22H,7-8,11-12H2,1H3,(H,21,23). The van der Waals surface area contributed by atoms with Gasteiger partial charge in [0.1, 0.15) is 5.75 Å². The largest absolute Gasteiger partial charge is 0.480 e. The third-order valence-corrected chi connectivity index (χ3v) is 5.96. The van der Waals surface area contributed by atoms with E-state index in [4.69, 9.17) is 21.1 Å². The molecule has 1 aliphatic rings. The van der Waals surface area contributed by atoms with Crippen LogP contribution >= 0.6 is 11.6 Å². The number of methoxy groups -OCH3 is 1. The predicted octanol–water partition coefficient (Wildman–Crippen LogP) is 1.88. The van der Waals surface area contributed by atoms with Gasteiger partial charge in [-0.3, -0.25) is 4.79 Å². The van der Waals surface area contributed by atoms with Gasteiger partial charge in [0, 0.05) is 31.6 Å². The number of carbonyl (C=O) groups excluding carboxylic acids is 1. The molecule has 1 unspecified atom stereocenters. The molecule has 2 aromatic rings. The van der Waals surface area contributed by atoms with Crippen LogP contribution in [0, 0.1) is 0 Å². The second kappa shape index (κ2) is 8.91. The highest BCUT2D eigenvalue weighted by Crippen LogP contribution is 2.31. The van der Waals surface area contributed by atoms with Gasteiger partial charge in [-0.25, -0.2) is 13.1 Å². The molecule has 2 aromatic carbocycles. The first-order valence-electron chi connectivity index (χ1n) is 8.69. The topological polar surface area (TPSA) is 93.7 Å². The Labute approximate surface area is 169 Å². The Kier molecular flexibility index (Phi) is 6.56. The fourth-order valence-electron chi connectivity index (χ4n) is 2.85. The van der Waals surface area contributed by atoms with E-state index in [2.05, 4.69) is 10.0 Å². The number of halogens is 1. The van der Waals surface area contributed by atoms with Crippen molar-refractivity contribution in [3.63, 3.8) is 0 Å². The van der Waals surface area contributed by atoms with E-state index in [9.17, 15) is 13.2 Å². The Morgan fingerprint density at radius 3 is 2.89 bits per heavy atom. The second-order valence-corrected chi connectivity index (χ2v) is 8.52. The van der Waals surface area contributed by atoms with Gasteiger partial charge in [-0.2, -0.15) is 0 Å². The summed E-state index contributed by atoms with van der Waals surface area (Å²) in [4.78, 5) is 12.5. The van der Waals surface area contributed by atoms with Gasteiger partial charge >= 0.3 is 0 Å². The number of rotatable bonds is 8. The summed E-state index contributed by atoms with van der Waals surface area (Å²) in [6, 6.07) is 11.7. The Bertz CT molecular complexity index is 965. The molecule has 0 aromatic heterocycles. The van der Waals surface area contributed by atoms with Crippen molar-refractivity contribution in [2.75, 3.05) is 20.3 Å². The SMILES string of the molecule is COCCNS(=O)(=O)c1cccc(CNC(=O)C2Cc3cc(Cl)ccc3O2)c1. The van der Waals surface area contributed by atoms with Crippen LogP contribution in [0.25, 0.3) is 0 Å². The van der Waals surface area contributed by atoms with Gasteiger partial charge in [-0.05, 0) is 41.5 Å². The van der Waals surface area contributed by atoms with Crippen LogP contribution in [0.2, 0.25) is 5.02 Å². The van der Waals surface area contributed by atoms with E-state index in [1.165, 1.54) is 19.2 Å². The van der Waals surface area contributed by atoms with Gasteiger partial charge in [0.15, 0.2) is 6.10 Å². The van der Waals surface area contributed by atoms with Gasteiger partial charge < -0.3 is 14.8 Å². The number of fused-ring (bicyclic) bond motifs is 1. The van der Waals surface area contributed by atoms with E-state index in [0.717, 1.165) is 5.56 Å². The summed E-state index contributed by atoms with van der Waals surface area (Å²) < 4.78 is 37.5. The van der Waals surface area contributed by atoms with Crippen LogP contribution in [0.3, 0.4) is 0 Å². The summed E-state index contributed by atoms with van der Waals surface area (Å²) in [5.74, 6) is 0.388. The zero-order valence-corrected chi connectivity index (χ0v) is 16.8. The van der Waals surface area contributed by atoms with Crippen molar-refractivity contribution in [1.29, 1.82) is 0 Å². The van der Waals surface area contributed by atoms with E-state index in [1.54, 1.807) is 30.3 Å². The van der Waals surface area contributed by atoms with Crippen molar-refractivity contribution < 1.29 is 22.7 Å². The number of benzene rings is 2. The molecule has 0 bridgehead atoms. The highest BCUT2D eigenvalue weighted by atomic mass is 35.5. The smallest absolute Gasteiger partial charge is 0.261 e. The molecule has 0 aliphatic carbocycles. The van der Waals surface area contributed by atoms with Crippen LogP contribution in [0.15, 0.2) is 47.4 Å². The van der Waals surface area contributed by atoms with E-state index >= 15 is 0 Å².